The third-order valence-corrected chi connectivity index (χ3v) is 10.6. The van der Waals surface area contributed by atoms with Crippen molar-refractivity contribution in [1.29, 1.82) is 0 Å². The number of ketones is 4. The van der Waals surface area contributed by atoms with Gasteiger partial charge >= 0.3 is 5.97 Å². The molecule has 7 atom stereocenters. The molecule has 2 aromatic rings. The first kappa shape index (κ1) is 40.9. The molecule has 12 heteroatoms. The van der Waals surface area contributed by atoms with Gasteiger partial charge in [-0.1, -0.05) is 83.5 Å². The van der Waals surface area contributed by atoms with Crippen LogP contribution in [0.15, 0.2) is 61.1 Å². The fourth-order valence-corrected chi connectivity index (χ4v) is 7.57. The van der Waals surface area contributed by atoms with Gasteiger partial charge in [0.2, 0.25) is 17.6 Å². The van der Waals surface area contributed by atoms with Gasteiger partial charge in [-0.2, -0.15) is 0 Å². The molecule has 0 spiro atoms. The van der Waals surface area contributed by atoms with Crippen molar-refractivity contribution in [1.82, 2.24) is 20.2 Å². The maximum Gasteiger partial charge on any atom is 0.307 e. The zero-order valence-corrected chi connectivity index (χ0v) is 31.3. The van der Waals surface area contributed by atoms with Gasteiger partial charge in [0.25, 0.3) is 0 Å². The number of hydrogen-bond acceptors (Lipinski definition) is 9. The molecule has 2 N–H and O–H groups in total. The van der Waals surface area contributed by atoms with Crippen LogP contribution in [-0.4, -0.2) is 79.5 Å². The van der Waals surface area contributed by atoms with E-state index in [0.29, 0.717) is 12.8 Å². The zero-order chi connectivity index (χ0) is 38.8. The molecule has 1 fully saturated rings. The third-order valence-electron chi connectivity index (χ3n) is 10.6. The Morgan fingerprint density at radius 1 is 0.925 bits per heavy atom. The number of rotatable bonds is 20. The molecule has 0 bridgehead atoms. The third kappa shape index (κ3) is 10.4. The summed E-state index contributed by atoms with van der Waals surface area (Å²) in [6.07, 6.45) is 8.76. The molecule has 0 saturated carbocycles. The monoisotopic (exact) mass is 728 g/mol. The van der Waals surface area contributed by atoms with Crippen molar-refractivity contribution in [2.24, 2.45) is 41.4 Å². The molecule has 2 heterocycles. The van der Waals surface area contributed by atoms with Gasteiger partial charge in [0, 0.05) is 50.0 Å². The summed E-state index contributed by atoms with van der Waals surface area (Å²) in [5.74, 6) is -7.98. The normalized spacial score (nSPS) is 20.1. The molecule has 12 nitrogen and oxygen atoms in total. The Hall–Kier alpha value is -4.87. The van der Waals surface area contributed by atoms with E-state index in [4.69, 9.17) is 0 Å². The lowest BCUT2D eigenvalue weighted by Crippen LogP contribution is -2.56. The number of fused-ring (bicyclic) bond motifs is 1. The number of allylic oxidation sites excluding steroid dienone is 1. The zero-order valence-electron chi connectivity index (χ0n) is 31.3. The molecule has 2 amide bonds. The van der Waals surface area contributed by atoms with Gasteiger partial charge in [0.05, 0.1) is 18.2 Å². The van der Waals surface area contributed by atoms with E-state index in [-0.39, 0.29) is 73.2 Å². The number of likely N-dealkylation sites (tertiary alicyclic amines) is 1. The van der Waals surface area contributed by atoms with Gasteiger partial charge in [-0.25, -0.2) is 4.98 Å². The quantitative estimate of drug-likeness (QED) is 0.110. The lowest BCUT2D eigenvalue weighted by atomic mass is 9.82. The van der Waals surface area contributed by atoms with Gasteiger partial charge < -0.3 is 15.3 Å². The summed E-state index contributed by atoms with van der Waals surface area (Å²) in [5, 5.41) is 12.7. The molecule has 2 aliphatic rings. The standard InChI is InChI=1S/C41H52N4O8/c1-6-11-27(38(49)35(48)20-29(41(52)53)18-26-12-8-7-9-13-26)19-34(47)37-30-15-10-14-28(30)23-45(37)40(51)36(25(4)5)44-39(50)31(24(2)3)21-33(46)32-22-42-16-17-43-32/h7-10,12-14,16-17,22,24-25,27-31,36-37H,6,11,15,18-21,23H2,1-5H3,(H,44,50)(H,52,53)/t27?,28?,29-,30+,31-,36?,37?/m1/s1. The van der Waals surface area contributed by atoms with E-state index in [9.17, 15) is 38.7 Å². The molecule has 4 unspecified atom stereocenters. The number of aliphatic carboxylic acids is 1. The Balaban J connectivity index is 1.50. The number of carbonyl (C=O) groups excluding carboxylic acids is 6. The highest BCUT2D eigenvalue weighted by atomic mass is 16.4. The van der Waals surface area contributed by atoms with E-state index in [2.05, 4.69) is 15.3 Å². The predicted octanol–water partition coefficient (Wildman–Crippen LogP) is 4.71. The first-order chi connectivity index (χ1) is 25.2. The molecular formula is C41H52N4O8. The summed E-state index contributed by atoms with van der Waals surface area (Å²) < 4.78 is 0. The van der Waals surface area contributed by atoms with Crippen LogP contribution in [0.2, 0.25) is 0 Å². The largest absolute Gasteiger partial charge is 0.481 e. The number of carbonyl (C=O) groups is 7. The number of carboxylic acids is 1. The lowest BCUT2D eigenvalue weighted by molar-refractivity contribution is -0.147. The van der Waals surface area contributed by atoms with E-state index in [1.807, 2.05) is 32.9 Å². The van der Waals surface area contributed by atoms with Crippen LogP contribution in [0, 0.1) is 41.4 Å². The van der Waals surface area contributed by atoms with Crippen molar-refractivity contribution in [3.05, 3.63) is 72.3 Å². The molecule has 1 aliphatic carbocycles. The smallest absolute Gasteiger partial charge is 0.307 e. The van der Waals surface area contributed by atoms with Crippen LogP contribution in [0.25, 0.3) is 0 Å². The fraction of sp³-hybridized carbons (Fsp3) is 0.537. The second-order valence-electron chi connectivity index (χ2n) is 15.1. The number of benzene rings is 1. The molecule has 0 radical (unpaired) electrons. The average Bonchev–Trinajstić information content (AvgIpc) is 3.74. The van der Waals surface area contributed by atoms with Crippen molar-refractivity contribution in [2.45, 2.75) is 91.6 Å². The molecule has 1 aromatic carbocycles. The van der Waals surface area contributed by atoms with E-state index in [0.717, 1.165) is 5.56 Å². The minimum Gasteiger partial charge on any atom is -0.481 e. The number of carboxylic acid groups (broad SMARTS) is 1. The number of aromatic nitrogens is 2. The number of hydrogen-bond donors (Lipinski definition) is 2. The second kappa shape index (κ2) is 18.8. The van der Waals surface area contributed by atoms with Crippen LogP contribution < -0.4 is 5.32 Å². The molecule has 284 valence electrons. The Morgan fingerprint density at radius 3 is 2.25 bits per heavy atom. The van der Waals surface area contributed by atoms with Crippen molar-refractivity contribution in [3.8, 4) is 0 Å². The fourth-order valence-electron chi connectivity index (χ4n) is 7.57. The SMILES string of the molecule is CCCC(CC(=O)C1[C@H]2CC=CC2CN1C(=O)C(NC(=O)[C@H](CC(=O)c1cnccn1)C(C)C)C(C)C)C(=O)C(=O)C[C@@H](Cc1ccccc1)C(=O)O. The van der Waals surface area contributed by atoms with Crippen molar-refractivity contribution in [3.63, 3.8) is 0 Å². The second-order valence-corrected chi connectivity index (χ2v) is 15.1. The highest BCUT2D eigenvalue weighted by Gasteiger charge is 2.50. The van der Waals surface area contributed by atoms with E-state index < -0.39 is 65.6 Å². The molecule has 1 aliphatic heterocycles. The highest BCUT2D eigenvalue weighted by molar-refractivity contribution is 6.38. The minimum absolute atomic E-state index is 0.0827. The number of Topliss-reactive ketones (excluding diaryl/α,β-unsaturated/α-hetero) is 4. The molecule has 1 aromatic heterocycles. The number of nitrogens with one attached hydrogen (secondary N) is 1. The van der Waals surface area contributed by atoms with Crippen LogP contribution in [0.5, 0.6) is 0 Å². The van der Waals surface area contributed by atoms with E-state index in [1.54, 1.807) is 44.2 Å². The van der Waals surface area contributed by atoms with Gasteiger partial charge in [-0.05, 0) is 48.5 Å². The molecule has 4 rings (SSSR count). The van der Waals surface area contributed by atoms with Crippen molar-refractivity contribution >= 4 is 40.9 Å². The lowest BCUT2D eigenvalue weighted by Gasteiger charge is -2.33. The maximum absolute atomic E-state index is 14.4. The van der Waals surface area contributed by atoms with E-state index in [1.165, 1.54) is 23.5 Å². The first-order valence-corrected chi connectivity index (χ1v) is 18.7. The summed E-state index contributed by atoms with van der Waals surface area (Å²) in [7, 11) is 0. The topological polar surface area (TPSA) is 181 Å². The Labute approximate surface area is 311 Å². The van der Waals surface area contributed by atoms with Gasteiger partial charge in [0.15, 0.2) is 17.3 Å². The summed E-state index contributed by atoms with van der Waals surface area (Å²) >= 11 is 0. The number of nitrogens with zero attached hydrogens (tertiary/aromatic N) is 3. The van der Waals surface area contributed by atoms with Gasteiger partial charge in [-0.15, -0.1) is 0 Å². The average molecular weight is 729 g/mol. The van der Waals surface area contributed by atoms with Crippen LogP contribution in [0.1, 0.15) is 89.2 Å². The summed E-state index contributed by atoms with van der Waals surface area (Å²) in [6, 6.07) is 7.03. The first-order valence-electron chi connectivity index (χ1n) is 18.7. The van der Waals surface area contributed by atoms with Crippen molar-refractivity contribution in [2.75, 3.05) is 6.54 Å². The van der Waals surface area contributed by atoms with Crippen LogP contribution in [0.4, 0.5) is 0 Å². The molecule has 1 saturated heterocycles. The Kier molecular flexibility index (Phi) is 14.5. The summed E-state index contributed by atoms with van der Waals surface area (Å²) in [5.41, 5.74) is 0.883. The van der Waals surface area contributed by atoms with Crippen LogP contribution in [-0.2, 0) is 35.2 Å². The van der Waals surface area contributed by atoms with Crippen LogP contribution >= 0.6 is 0 Å². The Bertz CT molecular complexity index is 1670. The van der Waals surface area contributed by atoms with E-state index >= 15 is 0 Å². The van der Waals surface area contributed by atoms with Crippen molar-refractivity contribution < 1.29 is 38.7 Å². The Morgan fingerprint density at radius 2 is 1.64 bits per heavy atom. The summed E-state index contributed by atoms with van der Waals surface area (Å²) in [4.78, 5) is 104. The van der Waals surface area contributed by atoms with Gasteiger partial charge in [0.1, 0.15) is 11.7 Å². The molecular weight excluding hydrogens is 676 g/mol. The minimum atomic E-state index is -1.18. The maximum atomic E-state index is 14.4. The predicted molar refractivity (Wildman–Crippen MR) is 196 cm³/mol. The molecule has 53 heavy (non-hydrogen) atoms. The van der Waals surface area contributed by atoms with Gasteiger partial charge in [-0.3, -0.25) is 38.5 Å². The number of amides is 2. The van der Waals surface area contributed by atoms with Crippen LogP contribution in [0.3, 0.4) is 0 Å². The highest BCUT2D eigenvalue weighted by Crippen LogP contribution is 2.40. The summed E-state index contributed by atoms with van der Waals surface area (Å²) in [6.45, 7) is 9.36.